The van der Waals surface area contributed by atoms with Crippen LogP contribution >= 0.6 is 0 Å². The van der Waals surface area contributed by atoms with E-state index in [4.69, 9.17) is 0 Å². The second-order valence-corrected chi connectivity index (χ2v) is 7.36. The maximum Gasteiger partial charge on any atom is 0.292 e. The molecule has 0 aliphatic heterocycles. The van der Waals surface area contributed by atoms with Crippen LogP contribution in [0.3, 0.4) is 0 Å². The lowest BCUT2D eigenvalue weighted by Gasteiger charge is -2.10. The molecule has 0 fully saturated rings. The fourth-order valence-corrected chi connectivity index (χ4v) is 3.35. The van der Waals surface area contributed by atoms with Crippen LogP contribution in [0.2, 0.25) is 0 Å². The maximum absolute atomic E-state index is 12.8. The van der Waals surface area contributed by atoms with Crippen molar-refractivity contribution >= 4 is 23.0 Å². The molecular formula is C24H18N6O3. The van der Waals surface area contributed by atoms with Crippen molar-refractivity contribution in [2.24, 2.45) is 5.10 Å². The SMILES string of the molecule is Cc1ccc2[nH]c(=O)c(/C=N/NC(=O)c3nn(-c4ccccc4)c(=O)c(C#N)c3C)cc2c1. The smallest absolute Gasteiger partial charge is 0.292 e. The van der Waals surface area contributed by atoms with Gasteiger partial charge in [-0.15, -0.1) is 0 Å². The summed E-state index contributed by atoms with van der Waals surface area (Å²) in [4.78, 5) is 40.5. The zero-order chi connectivity index (χ0) is 23.5. The van der Waals surface area contributed by atoms with Gasteiger partial charge in [0.15, 0.2) is 5.69 Å². The molecule has 2 aromatic carbocycles. The molecule has 0 atom stereocenters. The maximum atomic E-state index is 12.8. The molecule has 0 spiro atoms. The molecule has 0 bridgehead atoms. The van der Waals surface area contributed by atoms with Crippen LogP contribution in [0.15, 0.2) is 69.3 Å². The van der Waals surface area contributed by atoms with Crippen molar-refractivity contribution in [2.45, 2.75) is 13.8 Å². The molecule has 4 rings (SSSR count). The van der Waals surface area contributed by atoms with Crippen molar-refractivity contribution in [3.8, 4) is 11.8 Å². The number of pyridine rings is 1. The summed E-state index contributed by atoms with van der Waals surface area (Å²) in [6.45, 7) is 3.41. The summed E-state index contributed by atoms with van der Waals surface area (Å²) in [6.07, 6.45) is 1.23. The van der Waals surface area contributed by atoms with E-state index in [0.717, 1.165) is 15.6 Å². The number of carbonyl (C=O) groups excluding carboxylic acids is 1. The molecule has 162 valence electrons. The van der Waals surface area contributed by atoms with Gasteiger partial charge in [-0.1, -0.05) is 29.8 Å². The summed E-state index contributed by atoms with van der Waals surface area (Å²) < 4.78 is 1.00. The van der Waals surface area contributed by atoms with E-state index in [9.17, 15) is 19.6 Å². The molecule has 1 amide bonds. The Labute approximate surface area is 187 Å². The second kappa shape index (κ2) is 8.72. The fraction of sp³-hybridized carbons (Fsp3) is 0.0833. The van der Waals surface area contributed by atoms with Gasteiger partial charge in [-0.05, 0) is 49.6 Å². The Morgan fingerprint density at radius 1 is 1.15 bits per heavy atom. The van der Waals surface area contributed by atoms with Gasteiger partial charge in [-0.25, -0.2) is 5.43 Å². The van der Waals surface area contributed by atoms with E-state index in [1.807, 2.05) is 31.2 Å². The first-order valence-corrected chi connectivity index (χ1v) is 9.95. The molecule has 0 unspecified atom stereocenters. The van der Waals surface area contributed by atoms with Crippen LogP contribution in [0.5, 0.6) is 0 Å². The number of H-pyrrole nitrogens is 1. The summed E-state index contributed by atoms with van der Waals surface area (Å²) >= 11 is 0. The summed E-state index contributed by atoms with van der Waals surface area (Å²) in [5.74, 6) is -0.724. The lowest BCUT2D eigenvalue weighted by atomic mass is 10.1. The van der Waals surface area contributed by atoms with E-state index in [1.165, 1.54) is 13.1 Å². The summed E-state index contributed by atoms with van der Waals surface area (Å²) in [5, 5.41) is 18.3. The van der Waals surface area contributed by atoms with Crippen LogP contribution in [0, 0.1) is 25.2 Å². The number of hydrogen-bond donors (Lipinski definition) is 2. The normalized spacial score (nSPS) is 10.9. The average molecular weight is 438 g/mol. The standard InChI is InChI=1S/C24H18N6O3/c1-14-8-9-20-16(10-14)11-17(22(31)27-20)13-26-28-23(32)21-15(2)19(12-25)24(33)30(29-21)18-6-4-3-5-7-18/h3-11,13H,1-2H3,(H,27,31)(H,28,32)/b26-13+. The van der Waals surface area contributed by atoms with E-state index >= 15 is 0 Å². The van der Waals surface area contributed by atoms with Gasteiger partial charge in [0.25, 0.3) is 17.0 Å². The molecule has 2 heterocycles. The number of nitriles is 1. The fourth-order valence-electron chi connectivity index (χ4n) is 3.35. The van der Waals surface area contributed by atoms with Crippen LogP contribution in [0.4, 0.5) is 0 Å². The van der Waals surface area contributed by atoms with Crippen LogP contribution in [0.25, 0.3) is 16.6 Å². The predicted molar refractivity (Wildman–Crippen MR) is 124 cm³/mol. The number of aryl methyl sites for hydroxylation is 1. The van der Waals surface area contributed by atoms with Crippen molar-refractivity contribution in [1.82, 2.24) is 20.2 Å². The van der Waals surface area contributed by atoms with Gasteiger partial charge in [-0.2, -0.15) is 20.1 Å². The second-order valence-electron chi connectivity index (χ2n) is 7.36. The number of nitrogens with zero attached hydrogens (tertiary/aromatic N) is 4. The number of amides is 1. The lowest BCUT2D eigenvalue weighted by Crippen LogP contribution is -2.31. The van der Waals surface area contributed by atoms with E-state index in [-0.39, 0.29) is 27.9 Å². The van der Waals surface area contributed by atoms with Crippen LogP contribution in [0.1, 0.15) is 32.7 Å². The number of carbonyl (C=O) groups is 1. The van der Waals surface area contributed by atoms with Gasteiger partial charge in [0, 0.05) is 11.1 Å². The van der Waals surface area contributed by atoms with Crippen molar-refractivity contribution in [2.75, 3.05) is 0 Å². The molecule has 0 radical (unpaired) electrons. The highest BCUT2D eigenvalue weighted by molar-refractivity contribution is 5.95. The van der Waals surface area contributed by atoms with Crippen LogP contribution < -0.4 is 16.5 Å². The number of hydrogen-bond acceptors (Lipinski definition) is 6. The molecule has 0 saturated heterocycles. The minimum Gasteiger partial charge on any atom is -0.321 e. The summed E-state index contributed by atoms with van der Waals surface area (Å²) in [5.41, 5.74) is 3.55. The van der Waals surface area contributed by atoms with Gasteiger partial charge in [0.1, 0.15) is 11.6 Å². The molecule has 2 aromatic heterocycles. The average Bonchev–Trinajstić information content (AvgIpc) is 2.80. The Hall–Kier alpha value is -4.84. The molecule has 0 aliphatic rings. The summed E-state index contributed by atoms with van der Waals surface area (Å²) in [7, 11) is 0. The van der Waals surface area contributed by atoms with Crippen molar-refractivity contribution in [1.29, 1.82) is 5.26 Å². The molecule has 0 saturated carbocycles. The topological polar surface area (TPSA) is 133 Å². The van der Waals surface area contributed by atoms with E-state index < -0.39 is 11.5 Å². The van der Waals surface area contributed by atoms with E-state index in [2.05, 4.69) is 20.6 Å². The highest BCUT2D eigenvalue weighted by atomic mass is 16.2. The highest BCUT2D eigenvalue weighted by Gasteiger charge is 2.20. The third-order valence-electron chi connectivity index (χ3n) is 5.06. The van der Waals surface area contributed by atoms with Gasteiger partial charge in [0.05, 0.1) is 17.5 Å². The highest BCUT2D eigenvalue weighted by Crippen LogP contribution is 2.13. The minimum absolute atomic E-state index is 0.129. The number of benzene rings is 2. The number of nitrogens with one attached hydrogen (secondary N) is 2. The molecule has 4 aromatic rings. The largest absolute Gasteiger partial charge is 0.321 e. The molecular weight excluding hydrogens is 420 g/mol. The zero-order valence-electron chi connectivity index (χ0n) is 17.8. The molecule has 2 N–H and O–H groups in total. The number of fused-ring (bicyclic) bond motifs is 1. The van der Waals surface area contributed by atoms with E-state index in [1.54, 1.807) is 36.4 Å². The Morgan fingerprint density at radius 3 is 2.64 bits per heavy atom. The van der Waals surface area contributed by atoms with Crippen LogP contribution in [-0.4, -0.2) is 26.9 Å². The quantitative estimate of drug-likeness (QED) is 0.373. The first-order valence-electron chi connectivity index (χ1n) is 9.95. The molecule has 9 heteroatoms. The number of para-hydroxylation sites is 1. The third kappa shape index (κ3) is 4.18. The van der Waals surface area contributed by atoms with Crippen molar-refractivity contribution in [3.63, 3.8) is 0 Å². The first-order chi connectivity index (χ1) is 15.9. The third-order valence-corrected chi connectivity index (χ3v) is 5.06. The van der Waals surface area contributed by atoms with E-state index in [0.29, 0.717) is 11.2 Å². The van der Waals surface area contributed by atoms with Gasteiger partial charge in [0.2, 0.25) is 0 Å². The van der Waals surface area contributed by atoms with Crippen molar-refractivity contribution < 1.29 is 4.79 Å². The monoisotopic (exact) mass is 438 g/mol. The Morgan fingerprint density at radius 2 is 1.91 bits per heavy atom. The lowest BCUT2D eigenvalue weighted by molar-refractivity contribution is 0.0947. The van der Waals surface area contributed by atoms with Crippen molar-refractivity contribution in [3.05, 3.63) is 103 Å². The van der Waals surface area contributed by atoms with Gasteiger partial charge < -0.3 is 4.98 Å². The predicted octanol–water partition coefficient (Wildman–Crippen LogP) is 2.33. The van der Waals surface area contributed by atoms with Gasteiger partial charge in [-0.3, -0.25) is 14.4 Å². The number of rotatable bonds is 4. The first kappa shape index (κ1) is 21.4. The zero-order valence-corrected chi connectivity index (χ0v) is 17.8. The Bertz CT molecular complexity index is 1580. The number of aromatic amines is 1. The van der Waals surface area contributed by atoms with Gasteiger partial charge >= 0.3 is 0 Å². The minimum atomic E-state index is -0.724. The summed E-state index contributed by atoms with van der Waals surface area (Å²) in [6, 6.07) is 17.6. The van der Waals surface area contributed by atoms with Crippen LogP contribution in [-0.2, 0) is 0 Å². The Kier molecular flexibility index (Phi) is 5.66. The molecule has 0 aliphatic carbocycles. The molecule has 9 nitrogen and oxygen atoms in total. The number of hydrazone groups is 1. The molecule has 33 heavy (non-hydrogen) atoms. The Balaban J connectivity index is 1.67. The number of aromatic nitrogens is 3.